The molecule has 86 valence electrons. The lowest BCUT2D eigenvalue weighted by Gasteiger charge is -2.18. The zero-order valence-corrected chi connectivity index (χ0v) is 9.70. The highest BCUT2D eigenvalue weighted by molar-refractivity contribution is 5.68. The van der Waals surface area contributed by atoms with Crippen LogP contribution in [0, 0.1) is 0 Å². The van der Waals surface area contributed by atoms with Crippen LogP contribution in [0.3, 0.4) is 0 Å². The van der Waals surface area contributed by atoms with Gasteiger partial charge in [0.05, 0.1) is 6.42 Å². The summed E-state index contributed by atoms with van der Waals surface area (Å²) in [6.07, 6.45) is 5.12. The molecule has 0 aliphatic heterocycles. The molecule has 0 amide bonds. The molecule has 1 unspecified atom stereocenters. The summed E-state index contributed by atoms with van der Waals surface area (Å²) < 4.78 is 0. The number of hydrogen-bond donors (Lipinski definition) is 1. The molecular weight excluding hydrogens is 200 g/mol. The second-order valence-electron chi connectivity index (χ2n) is 4.73. The molecule has 2 rings (SSSR count). The number of carbonyl (C=O) groups is 1. The lowest BCUT2D eigenvalue weighted by atomic mass is 9.87. The predicted octanol–water partition coefficient (Wildman–Crippen LogP) is 3.14. The number of carboxylic acids is 1. The molecule has 1 aromatic carbocycles. The minimum absolute atomic E-state index is 0.115. The third-order valence-electron chi connectivity index (χ3n) is 3.42. The summed E-state index contributed by atoms with van der Waals surface area (Å²) in [5.74, 6) is -0.602. The summed E-state index contributed by atoms with van der Waals surface area (Å²) >= 11 is 0. The first-order valence-corrected chi connectivity index (χ1v) is 6.00. The first-order valence-electron chi connectivity index (χ1n) is 6.00. The quantitative estimate of drug-likeness (QED) is 0.846. The van der Waals surface area contributed by atoms with E-state index in [2.05, 4.69) is 18.2 Å². The van der Waals surface area contributed by atoms with E-state index in [-0.39, 0.29) is 12.3 Å². The fourth-order valence-electron chi connectivity index (χ4n) is 2.44. The summed E-state index contributed by atoms with van der Waals surface area (Å²) in [5.41, 5.74) is 4.06. The molecule has 16 heavy (non-hydrogen) atoms. The standard InChI is InChI=1S/C14H18O2/c1-10(8-14(15)16)12-7-6-11-4-2-3-5-13(11)9-12/h6-7,9-10H,2-5,8H2,1H3,(H,15,16). The maximum atomic E-state index is 10.7. The van der Waals surface area contributed by atoms with Gasteiger partial charge in [0.15, 0.2) is 0 Å². The normalized spacial score (nSPS) is 16.6. The maximum absolute atomic E-state index is 10.7. The van der Waals surface area contributed by atoms with Crippen LogP contribution >= 0.6 is 0 Å². The second kappa shape index (κ2) is 4.69. The number of fused-ring (bicyclic) bond motifs is 1. The highest BCUT2D eigenvalue weighted by atomic mass is 16.4. The smallest absolute Gasteiger partial charge is 0.303 e. The zero-order valence-electron chi connectivity index (χ0n) is 9.70. The molecule has 0 saturated carbocycles. The lowest BCUT2D eigenvalue weighted by Crippen LogP contribution is -2.06. The number of benzene rings is 1. The fourth-order valence-corrected chi connectivity index (χ4v) is 2.44. The van der Waals surface area contributed by atoms with Crippen molar-refractivity contribution in [1.82, 2.24) is 0 Å². The number of hydrogen-bond acceptors (Lipinski definition) is 1. The summed E-state index contributed by atoms with van der Waals surface area (Å²) in [4.78, 5) is 10.7. The molecule has 1 aromatic rings. The van der Waals surface area contributed by atoms with Gasteiger partial charge in [-0.2, -0.15) is 0 Å². The SMILES string of the molecule is CC(CC(=O)O)c1ccc2c(c1)CCCC2. The van der Waals surface area contributed by atoms with Crippen LogP contribution in [0.25, 0.3) is 0 Å². The third-order valence-corrected chi connectivity index (χ3v) is 3.42. The molecule has 1 aliphatic carbocycles. The summed E-state index contributed by atoms with van der Waals surface area (Å²) in [6, 6.07) is 6.49. The van der Waals surface area contributed by atoms with Gasteiger partial charge in [-0.3, -0.25) is 4.79 Å². The second-order valence-corrected chi connectivity index (χ2v) is 4.73. The van der Waals surface area contributed by atoms with Gasteiger partial charge in [-0.15, -0.1) is 0 Å². The minimum Gasteiger partial charge on any atom is -0.481 e. The van der Waals surface area contributed by atoms with Crippen LogP contribution in [0.2, 0.25) is 0 Å². The Morgan fingerprint density at radius 1 is 1.31 bits per heavy atom. The molecule has 1 aliphatic rings. The van der Waals surface area contributed by atoms with Gasteiger partial charge in [0.2, 0.25) is 0 Å². The van der Waals surface area contributed by atoms with Gasteiger partial charge in [0, 0.05) is 0 Å². The fraction of sp³-hybridized carbons (Fsp3) is 0.500. The number of rotatable bonds is 3. The molecule has 0 fully saturated rings. The molecule has 0 radical (unpaired) electrons. The number of aliphatic carboxylic acids is 1. The molecule has 1 atom stereocenters. The van der Waals surface area contributed by atoms with E-state index in [9.17, 15) is 4.79 Å². The van der Waals surface area contributed by atoms with Crippen molar-refractivity contribution in [3.63, 3.8) is 0 Å². The zero-order chi connectivity index (χ0) is 11.5. The Kier molecular flexibility index (Phi) is 3.28. The van der Waals surface area contributed by atoms with Crippen LogP contribution in [-0.4, -0.2) is 11.1 Å². The van der Waals surface area contributed by atoms with Gasteiger partial charge >= 0.3 is 5.97 Å². The maximum Gasteiger partial charge on any atom is 0.303 e. The van der Waals surface area contributed by atoms with Gasteiger partial charge in [-0.1, -0.05) is 25.1 Å². The number of carboxylic acid groups (broad SMARTS) is 1. The van der Waals surface area contributed by atoms with E-state index in [4.69, 9.17) is 5.11 Å². The van der Waals surface area contributed by atoms with Gasteiger partial charge in [-0.05, 0) is 48.3 Å². The minimum atomic E-state index is -0.717. The van der Waals surface area contributed by atoms with Crippen LogP contribution in [0.1, 0.15) is 48.8 Å². The van der Waals surface area contributed by atoms with E-state index >= 15 is 0 Å². The summed E-state index contributed by atoms with van der Waals surface area (Å²) in [5, 5.41) is 8.78. The van der Waals surface area contributed by atoms with Crippen molar-refractivity contribution >= 4 is 5.97 Å². The van der Waals surface area contributed by atoms with Crippen molar-refractivity contribution in [3.8, 4) is 0 Å². The van der Waals surface area contributed by atoms with Crippen LogP contribution in [-0.2, 0) is 17.6 Å². The van der Waals surface area contributed by atoms with Gasteiger partial charge < -0.3 is 5.11 Å². The van der Waals surface area contributed by atoms with E-state index in [0.717, 1.165) is 6.42 Å². The number of aryl methyl sites for hydroxylation is 2. The van der Waals surface area contributed by atoms with E-state index in [1.165, 1.54) is 36.0 Å². The third kappa shape index (κ3) is 2.43. The summed E-state index contributed by atoms with van der Waals surface area (Å²) in [6.45, 7) is 1.98. The molecule has 0 aromatic heterocycles. The lowest BCUT2D eigenvalue weighted by molar-refractivity contribution is -0.137. The first-order chi connectivity index (χ1) is 7.66. The highest BCUT2D eigenvalue weighted by Crippen LogP contribution is 2.26. The summed E-state index contributed by atoms with van der Waals surface area (Å²) in [7, 11) is 0. The average Bonchev–Trinajstić information content (AvgIpc) is 2.27. The Morgan fingerprint density at radius 2 is 2.00 bits per heavy atom. The molecule has 2 heteroatoms. The Balaban J connectivity index is 2.19. The van der Waals surface area contributed by atoms with Crippen molar-refractivity contribution in [2.45, 2.75) is 44.9 Å². The molecule has 0 bridgehead atoms. The van der Waals surface area contributed by atoms with E-state index in [1.807, 2.05) is 6.92 Å². The predicted molar refractivity (Wildman–Crippen MR) is 63.8 cm³/mol. The van der Waals surface area contributed by atoms with Crippen LogP contribution < -0.4 is 0 Å². The monoisotopic (exact) mass is 218 g/mol. The van der Waals surface area contributed by atoms with E-state index < -0.39 is 5.97 Å². The first kappa shape index (κ1) is 11.2. The van der Waals surface area contributed by atoms with Crippen molar-refractivity contribution in [2.24, 2.45) is 0 Å². The van der Waals surface area contributed by atoms with Crippen LogP contribution in [0.5, 0.6) is 0 Å². The molecule has 0 spiro atoms. The largest absolute Gasteiger partial charge is 0.481 e. The topological polar surface area (TPSA) is 37.3 Å². The Morgan fingerprint density at radius 3 is 2.69 bits per heavy atom. The molecular formula is C14H18O2. The Hall–Kier alpha value is -1.31. The van der Waals surface area contributed by atoms with Crippen molar-refractivity contribution in [2.75, 3.05) is 0 Å². The molecule has 0 saturated heterocycles. The van der Waals surface area contributed by atoms with Gasteiger partial charge in [0.1, 0.15) is 0 Å². The van der Waals surface area contributed by atoms with Gasteiger partial charge in [0.25, 0.3) is 0 Å². The van der Waals surface area contributed by atoms with Crippen molar-refractivity contribution in [3.05, 3.63) is 34.9 Å². The molecule has 1 N–H and O–H groups in total. The van der Waals surface area contributed by atoms with E-state index in [1.54, 1.807) is 0 Å². The van der Waals surface area contributed by atoms with Crippen LogP contribution in [0.15, 0.2) is 18.2 Å². The van der Waals surface area contributed by atoms with Crippen LogP contribution in [0.4, 0.5) is 0 Å². The van der Waals surface area contributed by atoms with Gasteiger partial charge in [-0.25, -0.2) is 0 Å². The Labute approximate surface area is 96.3 Å². The van der Waals surface area contributed by atoms with Crippen molar-refractivity contribution in [1.29, 1.82) is 0 Å². The molecule has 0 heterocycles. The average molecular weight is 218 g/mol. The van der Waals surface area contributed by atoms with Crippen molar-refractivity contribution < 1.29 is 9.90 Å². The Bertz CT molecular complexity index is 396. The molecule has 2 nitrogen and oxygen atoms in total. The highest BCUT2D eigenvalue weighted by Gasteiger charge is 2.14. The van der Waals surface area contributed by atoms with E-state index in [0.29, 0.717) is 0 Å².